The second kappa shape index (κ2) is 7.13. The highest BCUT2D eigenvalue weighted by molar-refractivity contribution is 5.88. The maximum Gasteiger partial charge on any atom is 0.343 e. The highest BCUT2D eigenvalue weighted by Crippen LogP contribution is 2.32. The van der Waals surface area contributed by atoms with Crippen molar-refractivity contribution in [2.45, 2.75) is 32.6 Å². The molecule has 2 N–H and O–H groups in total. The fourth-order valence-electron chi connectivity index (χ4n) is 2.26. The van der Waals surface area contributed by atoms with Crippen LogP contribution in [0.4, 0.5) is 0 Å². The number of hydrogen-bond donors (Lipinski definition) is 2. The summed E-state index contributed by atoms with van der Waals surface area (Å²) >= 11 is 0. The van der Waals surface area contributed by atoms with E-state index < -0.39 is 5.63 Å². The maximum atomic E-state index is 12.0. The van der Waals surface area contributed by atoms with Crippen LogP contribution in [0.25, 0.3) is 11.0 Å². The number of unbranched alkanes of at least 4 members (excludes halogenated alkanes) is 2. The van der Waals surface area contributed by atoms with E-state index in [0.717, 1.165) is 19.3 Å². The summed E-state index contributed by atoms with van der Waals surface area (Å²) in [5.41, 5.74) is -0.000832. The molecule has 0 aliphatic rings. The molecule has 2 rings (SSSR count). The SMILES string of the molecule is CCCCCc1c(O)c2cccc(OCCO)c2oc1=O. The number of para-hydroxylation sites is 1. The second-order valence-electron chi connectivity index (χ2n) is 4.88. The zero-order chi connectivity index (χ0) is 15.2. The van der Waals surface area contributed by atoms with E-state index in [9.17, 15) is 9.90 Å². The zero-order valence-corrected chi connectivity index (χ0v) is 12.1. The molecule has 21 heavy (non-hydrogen) atoms. The Kier molecular flexibility index (Phi) is 5.22. The maximum absolute atomic E-state index is 12.0. The van der Waals surface area contributed by atoms with E-state index >= 15 is 0 Å². The summed E-state index contributed by atoms with van der Waals surface area (Å²) in [4.78, 5) is 12.0. The van der Waals surface area contributed by atoms with Crippen molar-refractivity contribution in [3.05, 3.63) is 34.2 Å². The van der Waals surface area contributed by atoms with Gasteiger partial charge in [0.25, 0.3) is 0 Å². The van der Waals surface area contributed by atoms with E-state index in [1.807, 2.05) is 0 Å². The minimum Gasteiger partial charge on any atom is -0.507 e. The Hall–Kier alpha value is -2.01. The van der Waals surface area contributed by atoms with Crippen LogP contribution < -0.4 is 10.4 Å². The van der Waals surface area contributed by atoms with Crippen LogP contribution in [0.3, 0.4) is 0 Å². The summed E-state index contributed by atoms with van der Waals surface area (Å²) in [6.07, 6.45) is 3.37. The lowest BCUT2D eigenvalue weighted by Crippen LogP contribution is -2.09. The lowest BCUT2D eigenvalue weighted by atomic mass is 10.1. The van der Waals surface area contributed by atoms with Crippen molar-refractivity contribution >= 4 is 11.0 Å². The average molecular weight is 292 g/mol. The van der Waals surface area contributed by atoms with Gasteiger partial charge < -0.3 is 19.4 Å². The first kappa shape index (κ1) is 15.4. The Morgan fingerprint density at radius 1 is 1.29 bits per heavy atom. The summed E-state index contributed by atoms with van der Waals surface area (Å²) in [5, 5.41) is 19.6. The molecule has 0 unspecified atom stereocenters. The third-order valence-electron chi connectivity index (χ3n) is 3.34. The molecule has 114 valence electrons. The highest BCUT2D eigenvalue weighted by Gasteiger charge is 2.16. The van der Waals surface area contributed by atoms with E-state index in [0.29, 0.717) is 23.1 Å². The number of fused-ring (bicyclic) bond motifs is 1. The summed E-state index contributed by atoms with van der Waals surface area (Å²) < 4.78 is 10.6. The average Bonchev–Trinajstić information content (AvgIpc) is 2.49. The van der Waals surface area contributed by atoms with Crippen molar-refractivity contribution in [2.24, 2.45) is 0 Å². The van der Waals surface area contributed by atoms with Gasteiger partial charge in [0.1, 0.15) is 12.4 Å². The monoisotopic (exact) mass is 292 g/mol. The first-order valence-corrected chi connectivity index (χ1v) is 7.20. The van der Waals surface area contributed by atoms with E-state index in [-0.39, 0.29) is 24.5 Å². The van der Waals surface area contributed by atoms with Gasteiger partial charge in [-0.05, 0) is 25.0 Å². The van der Waals surface area contributed by atoms with Crippen molar-refractivity contribution in [2.75, 3.05) is 13.2 Å². The molecule has 5 heteroatoms. The van der Waals surface area contributed by atoms with Crippen molar-refractivity contribution in [1.29, 1.82) is 0 Å². The number of aliphatic hydroxyl groups is 1. The van der Waals surface area contributed by atoms with Crippen LogP contribution >= 0.6 is 0 Å². The Balaban J connectivity index is 2.44. The number of hydrogen-bond acceptors (Lipinski definition) is 5. The van der Waals surface area contributed by atoms with Crippen LogP contribution in [0.15, 0.2) is 27.4 Å². The van der Waals surface area contributed by atoms with Crippen LogP contribution in [-0.2, 0) is 6.42 Å². The Labute approximate surface area is 122 Å². The fraction of sp³-hybridized carbons (Fsp3) is 0.438. The standard InChI is InChI=1S/C16H20O5/c1-2-3-4-6-12-14(18)11-7-5-8-13(20-10-9-17)15(11)21-16(12)19/h5,7-8,17-18H,2-4,6,9-10H2,1H3. The Morgan fingerprint density at radius 2 is 2.10 bits per heavy atom. The number of aromatic hydroxyl groups is 1. The van der Waals surface area contributed by atoms with Gasteiger partial charge >= 0.3 is 5.63 Å². The van der Waals surface area contributed by atoms with Crippen LogP contribution in [0, 0.1) is 0 Å². The molecule has 0 atom stereocenters. The number of ether oxygens (including phenoxy) is 1. The minimum absolute atomic E-state index is 0.0354. The third kappa shape index (κ3) is 3.36. The van der Waals surface area contributed by atoms with E-state index in [4.69, 9.17) is 14.3 Å². The molecule has 0 saturated carbocycles. The molecule has 0 amide bonds. The van der Waals surface area contributed by atoms with Gasteiger partial charge in [-0.2, -0.15) is 0 Å². The van der Waals surface area contributed by atoms with E-state index in [1.54, 1.807) is 18.2 Å². The quantitative estimate of drug-likeness (QED) is 0.605. The predicted octanol–water partition coefficient (Wildman–Crippen LogP) is 2.60. The largest absolute Gasteiger partial charge is 0.507 e. The first-order valence-electron chi connectivity index (χ1n) is 7.20. The van der Waals surface area contributed by atoms with Gasteiger partial charge in [-0.1, -0.05) is 25.8 Å². The van der Waals surface area contributed by atoms with Gasteiger partial charge in [-0.15, -0.1) is 0 Å². The molecule has 0 saturated heterocycles. The van der Waals surface area contributed by atoms with Crippen LogP contribution in [0.2, 0.25) is 0 Å². The molecule has 0 bridgehead atoms. The molecule has 0 aliphatic heterocycles. The molecule has 1 heterocycles. The van der Waals surface area contributed by atoms with Gasteiger partial charge in [-0.3, -0.25) is 0 Å². The molecule has 0 fully saturated rings. The highest BCUT2D eigenvalue weighted by atomic mass is 16.5. The number of rotatable bonds is 7. The third-order valence-corrected chi connectivity index (χ3v) is 3.34. The number of benzene rings is 1. The molecule has 0 aliphatic carbocycles. The molecule has 0 spiro atoms. The molecule has 1 aromatic carbocycles. The van der Waals surface area contributed by atoms with E-state index in [1.165, 1.54) is 0 Å². The molecule has 1 aromatic heterocycles. The summed E-state index contributed by atoms with van der Waals surface area (Å²) in [5.74, 6) is 0.306. The Bertz CT molecular complexity index is 660. The molecule has 5 nitrogen and oxygen atoms in total. The van der Waals surface area contributed by atoms with Gasteiger partial charge in [0.2, 0.25) is 0 Å². The summed E-state index contributed by atoms with van der Waals surface area (Å²) in [6.45, 7) is 2.04. The lowest BCUT2D eigenvalue weighted by molar-refractivity contribution is 0.201. The predicted molar refractivity (Wildman–Crippen MR) is 80.0 cm³/mol. The van der Waals surface area contributed by atoms with Crippen LogP contribution in [-0.4, -0.2) is 23.4 Å². The molecular formula is C16H20O5. The topological polar surface area (TPSA) is 79.9 Å². The number of aliphatic hydroxyl groups excluding tert-OH is 1. The van der Waals surface area contributed by atoms with Crippen molar-refractivity contribution < 1.29 is 19.4 Å². The van der Waals surface area contributed by atoms with Gasteiger partial charge in [0, 0.05) is 0 Å². The summed E-state index contributed by atoms with van der Waals surface area (Å²) in [7, 11) is 0. The van der Waals surface area contributed by atoms with Crippen molar-refractivity contribution in [3.8, 4) is 11.5 Å². The first-order chi connectivity index (χ1) is 10.2. The Morgan fingerprint density at radius 3 is 2.81 bits per heavy atom. The van der Waals surface area contributed by atoms with Gasteiger partial charge in [0.05, 0.1) is 17.6 Å². The molecule has 2 aromatic rings. The van der Waals surface area contributed by atoms with Gasteiger partial charge in [0.15, 0.2) is 11.3 Å². The second-order valence-corrected chi connectivity index (χ2v) is 4.88. The molecular weight excluding hydrogens is 272 g/mol. The van der Waals surface area contributed by atoms with Crippen LogP contribution in [0.1, 0.15) is 31.7 Å². The van der Waals surface area contributed by atoms with Crippen molar-refractivity contribution in [1.82, 2.24) is 0 Å². The smallest absolute Gasteiger partial charge is 0.343 e. The zero-order valence-electron chi connectivity index (χ0n) is 12.1. The fourth-order valence-corrected chi connectivity index (χ4v) is 2.26. The normalized spacial score (nSPS) is 11.0. The summed E-state index contributed by atoms with van der Waals surface area (Å²) in [6, 6.07) is 5.03. The van der Waals surface area contributed by atoms with E-state index in [2.05, 4.69) is 6.92 Å². The van der Waals surface area contributed by atoms with Crippen LogP contribution in [0.5, 0.6) is 11.5 Å². The molecule has 0 radical (unpaired) electrons. The minimum atomic E-state index is -0.531. The lowest BCUT2D eigenvalue weighted by Gasteiger charge is -2.10. The van der Waals surface area contributed by atoms with Crippen molar-refractivity contribution in [3.63, 3.8) is 0 Å². The van der Waals surface area contributed by atoms with Gasteiger partial charge in [-0.25, -0.2) is 4.79 Å².